The normalized spacial score (nSPS) is 12.3. The number of ether oxygens (including phenoxy) is 1. The maximum absolute atomic E-state index is 12.6. The molecule has 0 aliphatic rings. The van der Waals surface area contributed by atoms with Crippen LogP contribution in [0.4, 0.5) is 0 Å². The quantitative estimate of drug-likeness (QED) is 0.632. The highest BCUT2D eigenvalue weighted by Gasteiger charge is 2.24. The van der Waals surface area contributed by atoms with E-state index in [1.54, 1.807) is 33.8 Å². The number of nitrogens with zero attached hydrogens (tertiary/aromatic N) is 1. The van der Waals surface area contributed by atoms with Crippen LogP contribution in [-0.2, 0) is 21.4 Å². The molecule has 1 aromatic heterocycles. The number of hydrogen-bond acceptors (Lipinski definition) is 6. The zero-order chi connectivity index (χ0) is 20.5. The van der Waals surface area contributed by atoms with Gasteiger partial charge < -0.3 is 4.74 Å². The van der Waals surface area contributed by atoms with Crippen LogP contribution in [0.3, 0.4) is 0 Å². The van der Waals surface area contributed by atoms with Gasteiger partial charge in [0.1, 0.15) is 11.6 Å². The minimum Gasteiger partial charge on any atom is -0.455 e. The summed E-state index contributed by atoms with van der Waals surface area (Å²) in [5.41, 5.74) is 1.09. The lowest BCUT2D eigenvalue weighted by atomic mass is 10.1. The Morgan fingerprint density at radius 1 is 1.18 bits per heavy atom. The molecule has 8 heteroatoms. The SMILES string of the molecule is Cc1ccc(S(=O)(=O)NC(C)(C)C)cc1C(=O)OCc1nc2ccccc2s1. The second kappa shape index (κ2) is 7.62. The van der Waals surface area contributed by atoms with E-state index < -0.39 is 21.5 Å². The number of esters is 1. The van der Waals surface area contributed by atoms with Crippen molar-refractivity contribution in [3.63, 3.8) is 0 Å². The number of carbonyl (C=O) groups excluding carboxylic acids is 1. The molecule has 1 heterocycles. The molecule has 0 aliphatic heterocycles. The highest BCUT2D eigenvalue weighted by atomic mass is 32.2. The number of fused-ring (bicyclic) bond motifs is 1. The van der Waals surface area contributed by atoms with Crippen molar-refractivity contribution in [2.75, 3.05) is 0 Å². The highest BCUT2D eigenvalue weighted by molar-refractivity contribution is 7.89. The van der Waals surface area contributed by atoms with E-state index in [0.29, 0.717) is 10.6 Å². The molecule has 148 valence electrons. The van der Waals surface area contributed by atoms with E-state index in [4.69, 9.17) is 4.74 Å². The van der Waals surface area contributed by atoms with Crippen LogP contribution in [0.2, 0.25) is 0 Å². The molecule has 0 radical (unpaired) electrons. The number of benzene rings is 2. The Balaban J connectivity index is 1.79. The summed E-state index contributed by atoms with van der Waals surface area (Å²) in [5, 5.41) is 0.686. The van der Waals surface area contributed by atoms with Crippen LogP contribution in [0.1, 0.15) is 41.7 Å². The predicted octanol–water partition coefficient (Wildman–Crippen LogP) is 4.04. The summed E-state index contributed by atoms with van der Waals surface area (Å²) in [6.07, 6.45) is 0. The van der Waals surface area contributed by atoms with Crippen molar-refractivity contribution in [1.29, 1.82) is 0 Å². The Morgan fingerprint density at radius 3 is 2.57 bits per heavy atom. The molecule has 0 aliphatic carbocycles. The predicted molar refractivity (Wildman–Crippen MR) is 110 cm³/mol. The summed E-state index contributed by atoms with van der Waals surface area (Å²) >= 11 is 1.46. The first-order valence-corrected chi connectivity index (χ1v) is 11.0. The fraction of sp³-hybridized carbons (Fsp3) is 0.300. The number of sulfonamides is 1. The molecule has 6 nitrogen and oxygen atoms in total. The fourth-order valence-corrected chi connectivity index (χ4v) is 4.96. The second-order valence-electron chi connectivity index (χ2n) is 7.48. The maximum Gasteiger partial charge on any atom is 0.338 e. The third-order valence-corrected chi connectivity index (χ3v) is 6.61. The molecule has 0 spiro atoms. The zero-order valence-electron chi connectivity index (χ0n) is 16.1. The molecule has 2 aromatic carbocycles. The Kier molecular flexibility index (Phi) is 5.56. The Morgan fingerprint density at radius 2 is 1.89 bits per heavy atom. The summed E-state index contributed by atoms with van der Waals surface area (Å²) < 4.78 is 34.1. The van der Waals surface area contributed by atoms with Gasteiger partial charge in [-0.25, -0.2) is 22.9 Å². The molecule has 3 rings (SSSR count). The number of carbonyl (C=O) groups is 1. The van der Waals surface area contributed by atoms with Gasteiger partial charge in [-0.3, -0.25) is 0 Å². The number of rotatable bonds is 5. The van der Waals surface area contributed by atoms with E-state index in [1.165, 1.54) is 23.5 Å². The number of aryl methyl sites for hydroxylation is 1. The van der Waals surface area contributed by atoms with Gasteiger partial charge in [0, 0.05) is 5.54 Å². The number of aromatic nitrogens is 1. The van der Waals surface area contributed by atoms with Gasteiger partial charge in [0.15, 0.2) is 0 Å². The molecule has 0 unspecified atom stereocenters. The molecule has 0 fully saturated rings. The van der Waals surface area contributed by atoms with E-state index >= 15 is 0 Å². The van der Waals surface area contributed by atoms with Gasteiger partial charge in [0.25, 0.3) is 0 Å². The molecule has 0 saturated heterocycles. The number of para-hydroxylation sites is 1. The van der Waals surface area contributed by atoms with Gasteiger partial charge >= 0.3 is 5.97 Å². The third-order valence-electron chi connectivity index (χ3n) is 3.84. The van der Waals surface area contributed by atoms with Crippen LogP contribution >= 0.6 is 11.3 Å². The monoisotopic (exact) mass is 418 g/mol. The van der Waals surface area contributed by atoms with Gasteiger partial charge in [-0.15, -0.1) is 11.3 Å². The fourth-order valence-electron chi connectivity index (χ4n) is 2.64. The minimum atomic E-state index is -3.74. The van der Waals surface area contributed by atoms with Crippen molar-refractivity contribution in [3.05, 3.63) is 58.6 Å². The van der Waals surface area contributed by atoms with Crippen LogP contribution in [-0.4, -0.2) is 24.9 Å². The summed E-state index contributed by atoms with van der Waals surface area (Å²) in [6.45, 7) is 7.04. The lowest BCUT2D eigenvalue weighted by molar-refractivity contribution is 0.0471. The first-order chi connectivity index (χ1) is 13.0. The van der Waals surface area contributed by atoms with E-state index in [1.807, 2.05) is 24.3 Å². The second-order valence-corrected chi connectivity index (χ2v) is 10.3. The van der Waals surface area contributed by atoms with Crippen molar-refractivity contribution >= 4 is 37.5 Å². The van der Waals surface area contributed by atoms with Crippen molar-refractivity contribution < 1.29 is 17.9 Å². The maximum atomic E-state index is 12.6. The first-order valence-electron chi connectivity index (χ1n) is 8.71. The van der Waals surface area contributed by atoms with Gasteiger partial charge in [-0.1, -0.05) is 18.2 Å². The standard InChI is InChI=1S/C20H22N2O4S2/c1-13-9-10-14(28(24,25)22-20(2,3)4)11-15(13)19(23)26-12-18-21-16-7-5-6-8-17(16)27-18/h5-11,22H,12H2,1-4H3. The van der Waals surface area contributed by atoms with Crippen molar-refractivity contribution in [3.8, 4) is 0 Å². The molecule has 3 aromatic rings. The topological polar surface area (TPSA) is 85.4 Å². The average molecular weight is 419 g/mol. The van der Waals surface area contributed by atoms with Gasteiger partial charge in [0.05, 0.1) is 20.7 Å². The highest BCUT2D eigenvalue weighted by Crippen LogP contribution is 2.23. The third kappa shape index (κ3) is 4.76. The molecule has 28 heavy (non-hydrogen) atoms. The van der Waals surface area contributed by atoms with E-state index in [9.17, 15) is 13.2 Å². The molecule has 0 amide bonds. The summed E-state index contributed by atoms with van der Waals surface area (Å²) in [4.78, 5) is 17.0. The van der Waals surface area contributed by atoms with Crippen LogP contribution in [0.15, 0.2) is 47.4 Å². The van der Waals surface area contributed by atoms with Gasteiger partial charge in [-0.2, -0.15) is 0 Å². The summed E-state index contributed by atoms with van der Waals surface area (Å²) in [5.74, 6) is -0.579. The molecular formula is C20H22N2O4S2. The molecule has 0 bridgehead atoms. The van der Waals surface area contributed by atoms with E-state index in [-0.39, 0.29) is 17.1 Å². The number of nitrogens with one attached hydrogen (secondary N) is 1. The number of hydrogen-bond donors (Lipinski definition) is 1. The molecule has 1 N–H and O–H groups in total. The van der Waals surface area contributed by atoms with Crippen LogP contribution in [0.5, 0.6) is 0 Å². The summed E-state index contributed by atoms with van der Waals surface area (Å²) in [6, 6.07) is 12.1. The Hall–Kier alpha value is -2.29. The van der Waals surface area contributed by atoms with Crippen molar-refractivity contribution in [1.82, 2.24) is 9.71 Å². The average Bonchev–Trinajstić information content (AvgIpc) is 3.00. The zero-order valence-corrected chi connectivity index (χ0v) is 17.8. The summed E-state index contributed by atoms with van der Waals surface area (Å²) in [7, 11) is -3.74. The first kappa shape index (κ1) is 20.4. The van der Waals surface area contributed by atoms with Crippen LogP contribution in [0.25, 0.3) is 10.2 Å². The molecular weight excluding hydrogens is 396 g/mol. The van der Waals surface area contributed by atoms with E-state index in [0.717, 1.165) is 10.2 Å². The van der Waals surface area contributed by atoms with E-state index in [2.05, 4.69) is 9.71 Å². The van der Waals surface area contributed by atoms with Gasteiger partial charge in [-0.05, 0) is 57.5 Å². The lowest BCUT2D eigenvalue weighted by Crippen LogP contribution is -2.40. The van der Waals surface area contributed by atoms with Gasteiger partial charge in [0.2, 0.25) is 10.0 Å². The molecule has 0 saturated carbocycles. The Labute approximate surface area is 168 Å². The van der Waals surface area contributed by atoms with Crippen LogP contribution < -0.4 is 4.72 Å². The largest absolute Gasteiger partial charge is 0.455 e. The van der Waals surface area contributed by atoms with Crippen molar-refractivity contribution in [2.45, 2.75) is 44.7 Å². The molecule has 0 atom stereocenters. The minimum absolute atomic E-state index is 0.0277. The van der Waals surface area contributed by atoms with Crippen LogP contribution in [0, 0.1) is 6.92 Å². The van der Waals surface area contributed by atoms with Crippen molar-refractivity contribution in [2.24, 2.45) is 0 Å². The lowest BCUT2D eigenvalue weighted by Gasteiger charge is -2.20. The smallest absolute Gasteiger partial charge is 0.338 e. The number of thiazole rings is 1. The Bertz CT molecular complexity index is 1100.